The minimum atomic E-state index is -5.02. The Balaban J connectivity index is 2.57. The number of rotatable bonds is 4. The molecule has 0 amide bonds. The Labute approximate surface area is 186 Å². The summed E-state index contributed by atoms with van der Waals surface area (Å²) in [7, 11) is -5.02. The summed E-state index contributed by atoms with van der Waals surface area (Å²) in [6.07, 6.45) is 0. The smallest absolute Gasteiger partial charge is 0.283 e. The van der Waals surface area contributed by atoms with Crippen molar-refractivity contribution in [1.82, 2.24) is 0 Å². The van der Waals surface area contributed by atoms with Gasteiger partial charge in [0.2, 0.25) is 0 Å². The van der Waals surface area contributed by atoms with Gasteiger partial charge in [-0.15, -0.1) is 0 Å². The summed E-state index contributed by atoms with van der Waals surface area (Å²) >= 11 is 24.2. The second-order valence-electron chi connectivity index (χ2n) is 6.18. The Hall–Kier alpha value is -1.67. The van der Waals surface area contributed by atoms with E-state index in [0.29, 0.717) is 0 Å². The second kappa shape index (κ2) is 7.87. The van der Waals surface area contributed by atoms with E-state index in [1.807, 2.05) is 0 Å². The van der Waals surface area contributed by atoms with Crippen molar-refractivity contribution >= 4 is 56.5 Å². The molecular weight excluding hydrogens is 482 g/mol. The van der Waals surface area contributed by atoms with E-state index >= 15 is 0 Å². The summed E-state index contributed by atoms with van der Waals surface area (Å²) in [5, 5.41) is 20.3. The molecule has 3 aromatic carbocycles. The van der Waals surface area contributed by atoms with E-state index < -0.39 is 14.9 Å². The molecular formula is C19H12Cl4O5S. The first-order chi connectivity index (χ1) is 13.4. The third kappa shape index (κ3) is 4.01. The minimum Gasteiger partial charge on any atom is -0.508 e. The van der Waals surface area contributed by atoms with Crippen LogP contribution in [0.4, 0.5) is 0 Å². The van der Waals surface area contributed by atoms with Crippen molar-refractivity contribution in [3.63, 3.8) is 0 Å². The zero-order valence-electron chi connectivity index (χ0n) is 14.3. The number of halogens is 4. The third-order valence-corrected chi connectivity index (χ3v) is 6.95. The van der Waals surface area contributed by atoms with Crippen LogP contribution in [0.25, 0.3) is 0 Å². The van der Waals surface area contributed by atoms with Gasteiger partial charge in [0.25, 0.3) is 10.1 Å². The summed E-state index contributed by atoms with van der Waals surface area (Å²) in [5.41, 5.74) is -0.229. The lowest BCUT2D eigenvalue weighted by Crippen LogP contribution is -2.38. The van der Waals surface area contributed by atoms with Crippen LogP contribution in [0.2, 0.25) is 20.1 Å². The van der Waals surface area contributed by atoms with Crippen LogP contribution in [0.3, 0.4) is 0 Å². The molecule has 0 radical (unpaired) electrons. The van der Waals surface area contributed by atoms with E-state index in [4.69, 9.17) is 46.4 Å². The first-order valence-electron chi connectivity index (χ1n) is 7.88. The van der Waals surface area contributed by atoms with E-state index in [-0.39, 0.29) is 48.3 Å². The van der Waals surface area contributed by atoms with Gasteiger partial charge in [0.15, 0.2) is 4.75 Å². The Kier molecular flexibility index (Phi) is 5.98. The van der Waals surface area contributed by atoms with Gasteiger partial charge >= 0.3 is 0 Å². The molecule has 3 rings (SSSR count). The maximum atomic E-state index is 12.9. The van der Waals surface area contributed by atoms with Crippen LogP contribution in [0, 0.1) is 0 Å². The van der Waals surface area contributed by atoms with E-state index in [1.165, 1.54) is 42.5 Å². The molecule has 29 heavy (non-hydrogen) atoms. The quantitative estimate of drug-likeness (QED) is 0.311. The average molecular weight is 494 g/mol. The summed E-state index contributed by atoms with van der Waals surface area (Å²) < 4.78 is 34.0. The molecule has 0 saturated carbocycles. The van der Waals surface area contributed by atoms with Crippen molar-refractivity contribution in [2.75, 3.05) is 0 Å². The molecule has 0 aliphatic carbocycles. The molecule has 0 spiro atoms. The number of phenols is 2. The number of benzene rings is 3. The lowest BCUT2D eigenvalue weighted by Gasteiger charge is -2.33. The van der Waals surface area contributed by atoms with Gasteiger partial charge < -0.3 is 10.2 Å². The first kappa shape index (κ1) is 22.0. The van der Waals surface area contributed by atoms with E-state index in [2.05, 4.69) is 0 Å². The number of phenolic OH excluding ortho intramolecular Hbond substituents is 2. The minimum absolute atomic E-state index is 0.0133. The summed E-state index contributed by atoms with van der Waals surface area (Å²) in [6, 6.07) is 11.1. The summed E-state index contributed by atoms with van der Waals surface area (Å²) in [5.74, 6) is -0.682. The fraction of sp³-hybridized carbons (Fsp3) is 0.0526. The van der Waals surface area contributed by atoms with Crippen molar-refractivity contribution in [1.29, 1.82) is 0 Å². The van der Waals surface area contributed by atoms with Gasteiger partial charge in [-0.3, -0.25) is 4.55 Å². The normalized spacial score (nSPS) is 12.2. The lowest BCUT2D eigenvalue weighted by atomic mass is 9.83. The molecule has 3 aromatic rings. The van der Waals surface area contributed by atoms with Crippen LogP contribution >= 0.6 is 46.4 Å². The maximum absolute atomic E-state index is 12.9. The number of hydrogen-bond donors (Lipinski definition) is 3. The van der Waals surface area contributed by atoms with Crippen molar-refractivity contribution in [2.45, 2.75) is 4.75 Å². The molecule has 0 saturated heterocycles. The van der Waals surface area contributed by atoms with Crippen molar-refractivity contribution in [3.8, 4) is 11.5 Å². The Morgan fingerprint density at radius 3 is 1.52 bits per heavy atom. The van der Waals surface area contributed by atoms with Gasteiger partial charge in [-0.25, -0.2) is 0 Å². The molecule has 0 aliphatic heterocycles. The van der Waals surface area contributed by atoms with E-state index in [9.17, 15) is 23.2 Å². The molecule has 0 aromatic heterocycles. The van der Waals surface area contributed by atoms with E-state index in [1.54, 1.807) is 0 Å². The fourth-order valence-electron chi connectivity index (χ4n) is 3.22. The van der Waals surface area contributed by atoms with Gasteiger partial charge in [0.1, 0.15) is 11.5 Å². The summed E-state index contributed by atoms with van der Waals surface area (Å²) in [4.78, 5) is 0. The summed E-state index contributed by atoms with van der Waals surface area (Å²) in [6.45, 7) is 0. The van der Waals surface area contributed by atoms with Gasteiger partial charge in [-0.05, 0) is 65.2 Å². The highest BCUT2D eigenvalue weighted by Gasteiger charge is 2.49. The van der Waals surface area contributed by atoms with Crippen molar-refractivity contribution in [2.24, 2.45) is 0 Å². The van der Waals surface area contributed by atoms with Gasteiger partial charge in [0, 0.05) is 10.0 Å². The number of aromatic hydroxyl groups is 2. The Bertz CT molecular complexity index is 1120. The van der Waals surface area contributed by atoms with Crippen LogP contribution in [-0.2, 0) is 14.9 Å². The van der Waals surface area contributed by atoms with Crippen molar-refractivity contribution < 1.29 is 23.2 Å². The SMILES string of the molecule is O=S(=O)(O)C(c1cc(O)cc(Cl)c1)(c1cc(O)cc(Cl)c1)c1ccc(Cl)c(Cl)c1. The molecule has 0 unspecified atom stereocenters. The zero-order valence-corrected chi connectivity index (χ0v) is 18.1. The fourth-order valence-corrected chi connectivity index (χ4v) is 5.23. The topological polar surface area (TPSA) is 94.8 Å². The molecule has 0 aliphatic rings. The predicted molar refractivity (Wildman–Crippen MR) is 114 cm³/mol. The monoisotopic (exact) mass is 492 g/mol. The largest absolute Gasteiger partial charge is 0.508 e. The van der Waals surface area contributed by atoms with Crippen LogP contribution in [0.1, 0.15) is 16.7 Å². The van der Waals surface area contributed by atoms with E-state index in [0.717, 1.165) is 12.1 Å². The van der Waals surface area contributed by atoms with Gasteiger partial charge in [0.05, 0.1) is 10.0 Å². The number of hydrogen-bond acceptors (Lipinski definition) is 4. The molecule has 0 fully saturated rings. The average Bonchev–Trinajstić information content (AvgIpc) is 2.55. The van der Waals surface area contributed by atoms with Crippen LogP contribution in [0.5, 0.6) is 11.5 Å². The molecule has 10 heteroatoms. The highest BCUT2D eigenvalue weighted by molar-refractivity contribution is 7.87. The zero-order chi connectivity index (χ0) is 21.6. The lowest BCUT2D eigenvalue weighted by molar-refractivity contribution is 0.455. The molecule has 152 valence electrons. The standard InChI is InChI=1S/C19H12Cl4O5S/c20-13-3-11(5-15(24)8-13)19(29(26,27)28,10-1-2-17(22)18(23)7-10)12-4-14(21)9-16(25)6-12/h1-9,24-25H,(H,26,27,28). The van der Waals surface area contributed by atoms with Gasteiger partial charge in [-0.2, -0.15) is 8.42 Å². The predicted octanol–water partition coefficient (Wildman–Crippen LogP) is 5.89. The van der Waals surface area contributed by atoms with Gasteiger partial charge in [-0.1, -0.05) is 52.5 Å². The molecule has 0 atom stereocenters. The van der Waals surface area contributed by atoms with Crippen molar-refractivity contribution in [3.05, 3.63) is 91.4 Å². The van der Waals surface area contributed by atoms with Crippen LogP contribution < -0.4 is 0 Å². The Morgan fingerprint density at radius 1 is 0.655 bits per heavy atom. The highest BCUT2D eigenvalue weighted by atomic mass is 35.5. The first-order valence-corrected chi connectivity index (χ1v) is 10.8. The second-order valence-corrected chi connectivity index (χ2v) is 9.43. The molecule has 0 heterocycles. The highest BCUT2D eigenvalue weighted by Crippen LogP contribution is 2.47. The van der Waals surface area contributed by atoms with Crippen LogP contribution in [-0.4, -0.2) is 23.2 Å². The third-order valence-electron chi connectivity index (χ3n) is 4.29. The molecule has 0 bridgehead atoms. The maximum Gasteiger partial charge on any atom is 0.283 e. The van der Waals surface area contributed by atoms with Crippen LogP contribution in [0.15, 0.2) is 54.6 Å². The molecule has 5 nitrogen and oxygen atoms in total. The Morgan fingerprint density at radius 2 is 1.14 bits per heavy atom. The molecule has 3 N–H and O–H groups in total.